The van der Waals surface area contributed by atoms with E-state index < -0.39 is 0 Å². The van der Waals surface area contributed by atoms with Crippen LogP contribution in [-0.4, -0.2) is 40.5 Å². The molecule has 0 aromatic heterocycles. The minimum absolute atomic E-state index is 0.0449. The molecule has 0 bridgehead atoms. The summed E-state index contributed by atoms with van der Waals surface area (Å²) in [5.74, 6) is 0.810. The molecule has 0 unspecified atom stereocenters. The topological polar surface area (TPSA) is 50.8 Å². The number of amides is 1. The van der Waals surface area contributed by atoms with Gasteiger partial charge in [0, 0.05) is 39.0 Å². The van der Waals surface area contributed by atoms with Crippen LogP contribution >= 0.6 is 0 Å². The normalized spacial score (nSPS) is 11.0. The van der Waals surface area contributed by atoms with Crippen molar-refractivity contribution < 1.29 is 14.3 Å². The molecule has 0 saturated carbocycles. The lowest BCUT2D eigenvalue weighted by Gasteiger charge is -2.15. The van der Waals surface area contributed by atoms with Crippen LogP contribution < -0.4 is 15.0 Å². The minimum Gasteiger partial charge on any atom is -0.467 e. The summed E-state index contributed by atoms with van der Waals surface area (Å²) in [4.78, 5) is 14.4. The van der Waals surface area contributed by atoms with Crippen LogP contribution in [0.15, 0.2) is 30.3 Å². The minimum atomic E-state index is -0.0449. The number of ether oxygens (including phenoxy) is 2. The Morgan fingerprint density at radius 3 is 2.21 bits per heavy atom. The maximum Gasteiger partial charge on any atom is 0.251 e. The number of hydrogen-bond donors (Lipinski definition) is 1. The van der Waals surface area contributed by atoms with Crippen molar-refractivity contribution in [1.29, 1.82) is 0 Å². The Morgan fingerprint density at radius 1 is 1.03 bits per heavy atom. The molecule has 0 fully saturated rings. The van der Waals surface area contributed by atoms with Crippen molar-refractivity contribution >= 4 is 23.7 Å². The molecular weight excluding hydrogens is 364 g/mol. The van der Waals surface area contributed by atoms with Crippen LogP contribution in [0.1, 0.15) is 46.0 Å². The second kappa shape index (κ2) is 10.7. The van der Waals surface area contributed by atoms with Gasteiger partial charge in [-0.25, -0.2) is 0 Å². The van der Waals surface area contributed by atoms with Crippen LogP contribution in [0.25, 0.3) is 12.2 Å². The summed E-state index contributed by atoms with van der Waals surface area (Å²) in [5.41, 5.74) is 5.83. The van der Waals surface area contributed by atoms with Gasteiger partial charge in [-0.1, -0.05) is 19.1 Å². The number of methoxy groups -OCH3 is 1. The zero-order chi connectivity index (χ0) is 21.4. The Hall–Kier alpha value is -2.79. The zero-order valence-corrected chi connectivity index (χ0v) is 18.3. The summed E-state index contributed by atoms with van der Waals surface area (Å²) in [5, 5.41) is 2.95. The molecule has 5 heteroatoms. The number of nitrogens with one attached hydrogen (secondary N) is 1. The summed E-state index contributed by atoms with van der Waals surface area (Å²) in [6.45, 7) is 7.00. The van der Waals surface area contributed by atoms with E-state index >= 15 is 0 Å². The molecule has 29 heavy (non-hydrogen) atoms. The van der Waals surface area contributed by atoms with Crippen LogP contribution in [0.2, 0.25) is 0 Å². The highest BCUT2D eigenvalue weighted by atomic mass is 16.7. The summed E-state index contributed by atoms with van der Waals surface area (Å²) < 4.78 is 10.7. The zero-order valence-electron chi connectivity index (χ0n) is 18.3. The molecule has 2 aromatic rings. The van der Waals surface area contributed by atoms with Crippen molar-refractivity contribution in [3.63, 3.8) is 0 Å². The molecule has 5 nitrogen and oxygen atoms in total. The van der Waals surface area contributed by atoms with Gasteiger partial charge >= 0.3 is 0 Å². The number of rotatable bonds is 9. The maximum atomic E-state index is 12.4. The van der Waals surface area contributed by atoms with E-state index in [9.17, 15) is 4.79 Å². The summed E-state index contributed by atoms with van der Waals surface area (Å²) >= 11 is 0. The van der Waals surface area contributed by atoms with Gasteiger partial charge in [-0.3, -0.25) is 4.79 Å². The highest BCUT2D eigenvalue weighted by Gasteiger charge is 2.09. The number of carbonyl (C=O) groups is 1. The van der Waals surface area contributed by atoms with E-state index in [1.54, 1.807) is 7.11 Å². The van der Waals surface area contributed by atoms with Crippen molar-refractivity contribution in [2.45, 2.75) is 27.2 Å². The number of hydrogen-bond acceptors (Lipinski definition) is 4. The Balaban J connectivity index is 2.31. The average molecular weight is 397 g/mol. The average Bonchev–Trinajstić information content (AvgIpc) is 2.69. The van der Waals surface area contributed by atoms with Gasteiger partial charge in [0.05, 0.1) is 0 Å². The monoisotopic (exact) mass is 396 g/mol. The molecule has 0 atom stereocenters. The molecule has 0 spiro atoms. The Labute approximate surface area is 174 Å². The van der Waals surface area contributed by atoms with E-state index in [0.717, 1.165) is 40.1 Å². The first kappa shape index (κ1) is 22.5. The Bertz CT molecular complexity index is 849. The highest BCUT2D eigenvalue weighted by Crippen LogP contribution is 2.26. The molecule has 2 rings (SSSR count). The molecule has 1 N–H and O–H groups in total. The van der Waals surface area contributed by atoms with Crippen LogP contribution in [-0.2, 0) is 4.74 Å². The smallest absolute Gasteiger partial charge is 0.251 e. The SMILES string of the molecule is CCCNC(=O)c1cc(/C=C/c2cc(C)c(OCOC)c(C)c2)cc(N(C)C)c1. The van der Waals surface area contributed by atoms with Crippen molar-refractivity contribution in [1.82, 2.24) is 5.32 Å². The summed E-state index contributed by atoms with van der Waals surface area (Å²) in [6.07, 6.45) is 5.00. The predicted octanol–water partition coefficient (Wildman–Crippen LogP) is 4.66. The third kappa shape index (κ3) is 6.36. The first-order valence-corrected chi connectivity index (χ1v) is 9.87. The first-order chi connectivity index (χ1) is 13.8. The molecule has 2 aromatic carbocycles. The fraction of sp³-hybridized carbons (Fsp3) is 0.375. The van der Waals surface area contributed by atoms with E-state index in [2.05, 4.69) is 29.6 Å². The number of carbonyl (C=O) groups excluding carboxylic acids is 1. The van der Waals surface area contributed by atoms with Crippen LogP contribution in [0.3, 0.4) is 0 Å². The Kier molecular flexibility index (Phi) is 8.28. The molecule has 0 aliphatic rings. The van der Waals surface area contributed by atoms with E-state index in [1.165, 1.54) is 0 Å². The van der Waals surface area contributed by atoms with Crippen molar-refractivity contribution in [2.75, 3.05) is 39.4 Å². The second-order valence-corrected chi connectivity index (χ2v) is 7.33. The molecule has 0 aliphatic heterocycles. The lowest BCUT2D eigenvalue weighted by atomic mass is 10.0. The number of benzene rings is 2. The molecule has 0 saturated heterocycles. The molecule has 0 radical (unpaired) electrons. The van der Waals surface area contributed by atoms with Gasteiger partial charge in [0.2, 0.25) is 0 Å². The van der Waals surface area contributed by atoms with E-state index in [1.807, 2.05) is 58.0 Å². The van der Waals surface area contributed by atoms with Crippen LogP contribution in [0.5, 0.6) is 5.75 Å². The van der Waals surface area contributed by atoms with Crippen molar-refractivity contribution in [3.8, 4) is 5.75 Å². The van der Waals surface area contributed by atoms with Gasteiger partial charge in [-0.05, 0) is 72.9 Å². The van der Waals surface area contributed by atoms with Gasteiger partial charge in [0.15, 0.2) is 6.79 Å². The number of anilines is 1. The largest absolute Gasteiger partial charge is 0.467 e. The van der Waals surface area contributed by atoms with Gasteiger partial charge in [-0.15, -0.1) is 0 Å². The standard InChI is InChI=1S/C24H32N2O3/c1-7-10-25-24(27)21-13-20(14-22(15-21)26(4)5)9-8-19-11-17(2)23(18(3)12-19)29-16-28-6/h8-9,11-15H,7,10,16H2,1-6H3,(H,25,27)/b9-8+. The van der Waals surface area contributed by atoms with Crippen LogP contribution in [0.4, 0.5) is 5.69 Å². The van der Waals surface area contributed by atoms with Gasteiger partial charge in [-0.2, -0.15) is 0 Å². The first-order valence-electron chi connectivity index (χ1n) is 9.87. The van der Waals surface area contributed by atoms with Gasteiger partial charge < -0.3 is 19.7 Å². The molecule has 0 aliphatic carbocycles. The fourth-order valence-corrected chi connectivity index (χ4v) is 3.08. The predicted molar refractivity (Wildman–Crippen MR) is 121 cm³/mol. The highest BCUT2D eigenvalue weighted by molar-refractivity contribution is 5.96. The molecule has 1 amide bonds. The van der Waals surface area contributed by atoms with E-state index in [4.69, 9.17) is 9.47 Å². The van der Waals surface area contributed by atoms with Crippen molar-refractivity contribution in [3.05, 3.63) is 58.1 Å². The summed E-state index contributed by atoms with van der Waals surface area (Å²) in [6, 6.07) is 10.1. The number of aryl methyl sites for hydroxylation is 2. The number of nitrogens with zero attached hydrogens (tertiary/aromatic N) is 1. The molecular formula is C24H32N2O3. The van der Waals surface area contributed by atoms with Gasteiger partial charge in [0.25, 0.3) is 5.91 Å². The van der Waals surface area contributed by atoms with E-state index in [0.29, 0.717) is 12.1 Å². The lowest BCUT2D eigenvalue weighted by molar-refractivity contribution is 0.0501. The second-order valence-electron chi connectivity index (χ2n) is 7.33. The third-order valence-corrected chi connectivity index (χ3v) is 4.53. The quantitative estimate of drug-likeness (QED) is 0.495. The molecule has 0 heterocycles. The maximum absolute atomic E-state index is 12.4. The fourth-order valence-electron chi connectivity index (χ4n) is 3.08. The molecule has 156 valence electrons. The van der Waals surface area contributed by atoms with E-state index in [-0.39, 0.29) is 12.7 Å². The lowest BCUT2D eigenvalue weighted by Crippen LogP contribution is -2.24. The third-order valence-electron chi connectivity index (χ3n) is 4.53. The van der Waals surface area contributed by atoms with Crippen molar-refractivity contribution in [2.24, 2.45) is 0 Å². The van der Waals surface area contributed by atoms with Gasteiger partial charge in [0.1, 0.15) is 5.75 Å². The Morgan fingerprint density at radius 2 is 1.66 bits per heavy atom. The summed E-state index contributed by atoms with van der Waals surface area (Å²) in [7, 11) is 5.56. The van der Waals surface area contributed by atoms with Crippen LogP contribution in [0, 0.1) is 13.8 Å².